The summed E-state index contributed by atoms with van der Waals surface area (Å²) >= 11 is 0. The SMILES string of the molecule is CCC(CC)n1cc(-c2nc(-c3cnn(CC4COCN4C(=O)O)c3)cn3nccc23)cn1. The molecule has 172 valence electrons. The molecule has 5 heterocycles. The molecule has 4 aromatic rings. The molecule has 1 amide bonds. The van der Waals surface area contributed by atoms with Gasteiger partial charge in [0.1, 0.15) is 6.73 Å². The van der Waals surface area contributed by atoms with E-state index in [4.69, 9.17) is 9.72 Å². The topological polar surface area (TPSA) is 116 Å². The van der Waals surface area contributed by atoms with E-state index >= 15 is 0 Å². The van der Waals surface area contributed by atoms with Gasteiger partial charge >= 0.3 is 6.09 Å². The zero-order valence-electron chi connectivity index (χ0n) is 18.6. The van der Waals surface area contributed by atoms with Crippen molar-refractivity contribution < 1.29 is 14.6 Å². The minimum atomic E-state index is -0.991. The van der Waals surface area contributed by atoms with Gasteiger partial charge < -0.3 is 9.84 Å². The molecule has 1 aliphatic rings. The van der Waals surface area contributed by atoms with Gasteiger partial charge in [-0.2, -0.15) is 15.3 Å². The van der Waals surface area contributed by atoms with Crippen LogP contribution >= 0.6 is 0 Å². The third-order valence-corrected chi connectivity index (χ3v) is 6.14. The molecule has 0 spiro atoms. The first kappa shape index (κ1) is 21.1. The van der Waals surface area contributed by atoms with E-state index in [0.29, 0.717) is 19.2 Å². The lowest BCUT2D eigenvalue weighted by Gasteiger charge is -2.18. The molecule has 0 aromatic carbocycles. The van der Waals surface area contributed by atoms with Crippen molar-refractivity contribution in [1.82, 2.24) is 39.1 Å². The standard InChI is InChI=1S/C22H26N8O3/c1-3-17(4-2)29-10-16(8-25-29)21-20-5-6-23-30(20)12-19(26-21)15-7-24-27(9-15)11-18-13-33-14-28(18)22(31)32/h5-10,12,17-18H,3-4,11,13-14H2,1-2H3,(H,31,32). The van der Waals surface area contributed by atoms with E-state index in [2.05, 4.69) is 29.1 Å². The Morgan fingerprint density at radius 1 is 1.15 bits per heavy atom. The summed E-state index contributed by atoms with van der Waals surface area (Å²) in [6.07, 6.45) is 12.1. The third kappa shape index (κ3) is 3.95. The lowest BCUT2D eigenvalue weighted by Crippen LogP contribution is -2.38. The number of ether oxygens (including phenoxy) is 1. The Bertz CT molecular complexity index is 1270. The van der Waals surface area contributed by atoms with Gasteiger partial charge in [-0.3, -0.25) is 14.3 Å². The summed E-state index contributed by atoms with van der Waals surface area (Å²) < 4.78 is 10.8. The van der Waals surface area contributed by atoms with Crippen molar-refractivity contribution in [2.75, 3.05) is 13.3 Å². The molecule has 1 fully saturated rings. The highest BCUT2D eigenvalue weighted by Gasteiger charge is 2.30. The summed E-state index contributed by atoms with van der Waals surface area (Å²) in [5.74, 6) is 0. The zero-order valence-corrected chi connectivity index (χ0v) is 18.6. The van der Waals surface area contributed by atoms with Crippen molar-refractivity contribution in [3.8, 4) is 22.5 Å². The maximum atomic E-state index is 11.4. The van der Waals surface area contributed by atoms with Crippen molar-refractivity contribution in [1.29, 1.82) is 0 Å². The second-order valence-corrected chi connectivity index (χ2v) is 8.17. The number of nitrogens with zero attached hydrogens (tertiary/aromatic N) is 8. The Morgan fingerprint density at radius 2 is 1.97 bits per heavy atom. The van der Waals surface area contributed by atoms with Crippen LogP contribution in [0.1, 0.15) is 32.7 Å². The quantitative estimate of drug-likeness (QED) is 0.460. The summed E-state index contributed by atoms with van der Waals surface area (Å²) in [5.41, 5.74) is 4.18. The summed E-state index contributed by atoms with van der Waals surface area (Å²) in [6, 6.07) is 2.01. The molecule has 11 heteroatoms. The van der Waals surface area contributed by atoms with Gasteiger partial charge in [0.15, 0.2) is 0 Å². The summed E-state index contributed by atoms with van der Waals surface area (Å²) in [7, 11) is 0. The van der Waals surface area contributed by atoms with Gasteiger partial charge in [-0.05, 0) is 18.9 Å². The number of amides is 1. The molecule has 1 saturated heterocycles. The minimum absolute atomic E-state index is 0.0829. The maximum absolute atomic E-state index is 11.4. The molecule has 1 atom stereocenters. The number of carbonyl (C=O) groups is 1. The van der Waals surface area contributed by atoms with Gasteiger partial charge in [0.2, 0.25) is 0 Å². The number of rotatable bonds is 7. The molecule has 33 heavy (non-hydrogen) atoms. The Labute approximate surface area is 190 Å². The van der Waals surface area contributed by atoms with Crippen LogP contribution in [0.25, 0.3) is 28.0 Å². The molecule has 1 unspecified atom stereocenters. The lowest BCUT2D eigenvalue weighted by atomic mass is 10.1. The minimum Gasteiger partial charge on any atom is -0.465 e. The van der Waals surface area contributed by atoms with Crippen LogP contribution in [-0.2, 0) is 11.3 Å². The fraction of sp³-hybridized carbons (Fsp3) is 0.409. The van der Waals surface area contributed by atoms with Crippen molar-refractivity contribution in [2.45, 2.75) is 45.3 Å². The number of hydrogen-bond acceptors (Lipinski definition) is 6. The summed E-state index contributed by atoms with van der Waals surface area (Å²) in [6.45, 7) is 5.16. The van der Waals surface area contributed by atoms with E-state index in [1.807, 2.05) is 35.5 Å². The Morgan fingerprint density at radius 3 is 2.76 bits per heavy atom. The molecule has 11 nitrogen and oxygen atoms in total. The van der Waals surface area contributed by atoms with E-state index in [0.717, 1.165) is 40.9 Å². The van der Waals surface area contributed by atoms with Crippen LogP contribution in [0.3, 0.4) is 0 Å². The fourth-order valence-corrected chi connectivity index (χ4v) is 4.26. The maximum Gasteiger partial charge on any atom is 0.409 e. The lowest BCUT2D eigenvalue weighted by molar-refractivity contribution is 0.110. The second kappa shape index (κ2) is 8.66. The zero-order chi connectivity index (χ0) is 22.9. The Kier molecular flexibility index (Phi) is 5.55. The van der Waals surface area contributed by atoms with Crippen molar-refractivity contribution in [3.05, 3.63) is 43.2 Å². The second-order valence-electron chi connectivity index (χ2n) is 8.17. The van der Waals surface area contributed by atoms with Crippen molar-refractivity contribution in [2.24, 2.45) is 0 Å². The van der Waals surface area contributed by atoms with Gasteiger partial charge in [0.25, 0.3) is 0 Å². The molecular weight excluding hydrogens is 424 g/mol. The van der Waals surface area contributed by atoms with Gasteiger partial charge in [-0.25, -0.2) is 14.3 Å². The smallest absolute Gasteiger partial charge is 0.409 e. The van der Waals surface area contributed by atoms with Crippen LogP contribution in [-0.4, -0.2) is 69.6 Å². The first-order valence-electron chi connectivity index (χ1n) is 11.1. The third-order valence-electron chi connectivity index (χ3n) is 6.14. The Hall–Kier alpha value is -3.73. The van der Waals surface area contributed by atoms with E-state index in [1.54, 1.807) is 21.6 Å². The van der Waals surface area contributed by atoms with E-state index in [1.165, 1.54) is 4.90 Å². The van der Waals surface area contributed by atoms with Crippen LogP contribution in [0.4, 0.5) is 4.79 Å². The normalized spacial score (nSPS) is 16.3. The van der Waals surface area contributed by atoms with Crippen LogP contribution < -0.4 is 0 Å². The first-order valence-corrected chi connectivity index (χ1v) is 11.1. The number of aromatic nitrogens is 7. The largest absolute Gasteiger partial charge is 0.465 e. The molecule has 1 N–H and O–H groups in total. The highest BCUT2D eigenvalue weighted by Crippen LogP contribution is 2.28. The number of hydrogen-bond donors (Lipinski definition) is 1. The molecule has 4 aromatic heterocycles. The molecule has 1 aliphatic heterocycles. The summed E-state index contributed by atoms with van der Waals surface area (Å²) in [4.78, 5) is 17.6. The average Bonchev–Trinajstić information content (AvgIpc) is 3.60. The Balaban J connectivity index is 1.46. The molecule has 0 saturated carbocycles. The highest BCUT2D eigenvalue weighted by atomic mass is 16.5. The van der Waals surface area contributed by atoms with Gasteiger partial charge in [-0.15, -0.1) is 0 Å². The molecule has 0 bridgehead atoms. The predicted octanol–water partition coefficient (Wildman–Crippen LogP) is 3.15. The molecule has 5 rings (SSSR count). The first-order chi connectivity index (χ1) is 16.1. The van der Waals surface area contributed by atoms with Crippen LogP contribution in [0.5, 0.6) is 0 Å². The monoisotopic (exact) mass is 450 g/mol. The molecule has 0 aliphatic carbocycles. The van der Waals surface area contributed by atoms with Crippen molar-refractivity contribution >= 4 is 11.6 Å². The van der Waals surface area contributed by atoms with E-state index in [-0.39, 0.29) is 12.8 Å². The van der Waals surface area contributed by atoms with Crippen LogP contribution in [0.15, 0.2) is 43.2 Å². The highest BCUT2D eigenvalue weighted by molar-refractivity contribution is 5.78. The van der Waals surface area contributed by atoms with Gasteiger partial charge in [-0.1, -0.05) is 13.8 Å². The van der Waals surface area contributed by atoms with Gasteiger partial charge in [0, 0.05) is 23.5 Å². The fourth-order valence-electron chi connectivity index (χ4n) is 4.26. The molecule has 0 radical (unpaired) electrons. The van der Waals surface area contributed by atoms with Crippen molar-refractivity contribution in [3.63, 3.8) is 0 Å². The van der Waals surface area contributed by atoms with Crippen LogP contribution in [0.2, 0.25) is 0 Å². The summed E-state index contributed by atoms with van der Waals surface area (Å²) in [5, 5.41) is 22.7. The average molecular weight is 451 g/mol. The van der Waals surface area contributed by atoms with E-state index in [9.17, 15) is 9.90 Å². The molecular formula is C22H26N8O3. The van der Waals surface area contributed by atoms with E-state index < -0.39 is 6.09 Å². The van der Waals surface area contributed by atoms with Gasteiger partial charge in [0.05, 0.1) is 66.9 Å². The number of fused-ring (bicyclic) bond motifs is 1. The van der Waals surface area contributed by atoms with Crippen LogP contribution in [0, 0.1) is 0 Å². The predicted molar refractivity (Wildman–Crippen MR) is 120 cm³/mol. The number of carboxylic acid groups (broad SMARTS) is 1.